The van der Waals surface area contributed by atoms with E-state index in [2.05, 4.69) is 22.6 Å². The van der Waals surface area contributed by atoms with Crippen LogP contribution in [-0.4, -0.2) is 21.4 Å². The molecule has 2 nitrogen and oxygen atoms in total. The Bertz CT molecular complexity index is 381. The molecule has 100 valence electrons. The Labute approximate surface area is 123 Å². The van der Waals surface area contributed by atoms with E-state index < -0.39 is 6.10 Å². The Hall–Kier alpha value is -0.420. The van der Waals surface area contributed by atoms with Crippen molar-refractivity contribution in [2.75, 3.05) is 4.43 Å². The summed E-state index contributed by atoms with van der Waals surface area (Å²) in [6.45, 7) is 5.91. The van der Waals surface area contributed by atoms with Crippen molar-refractivity contribution in [1.29, 1.82) is 0 Å². The summed E-state index contributed by atoms with van der Waals surface area (Å²) in [5, 5.41) is 10.4. The van der Waals surface area contributed by atoms with Crippen LogP contribution in [0.2, 0.25) is 0 Å². The molecule has 1 N–H and O–H groups in total. The number of halogens is 1. The van der Waals surface area contributed by atoms with Gasteiger partial charge in [-0.15, -0.1) is 0 Å². The van der Waals surface area contributed by atoms with Crippen molar-refractivity contribution in [3.8, 4) is 0 Å². The number of rotatable bonds is 5. The average molecular weight is 360 g/mol. The molecule has 1 aromatic rings. The standard InChI is InChI=1S/C15H21IO2/c1-15(2,3)14(18)12(9-10-16)13(17)11-7-5-4-6-8-11/h4-8,12,14,18H,9-10H2,1-3H3/t12-,14+/m0/s1. The van der Waals surface area contributed by atoms with E-state index in [1.165, 1.54) is 0 Å². The Kier molecular flexibility index (Phi) is 5.79. The highest BCUT2D eigenvalue weighted by Gasteiger charge is 2.34. The third-order valence-corrected chi connectivity index (χ3v) is 3.71. The maximum atomic E-state index is 12.5. The highest BCUT2D eigenvalue weighted by atomic mass is 127. The summed E-state index contributed by atoms with van der Waals surface area (Å²) in [6.07, 6.45) is 0.104. The van der Waals surface area contributed by atoms with Gasteiger partial charge in [0.25, 0.3) is 0 Å². The second-order valence-electron chi connectivity index (χ2n) is 5.63. The number of carbonyl (C=O) groups is 1. The summed E-state index contributed by atoms with van der Waals surface area (Å²) in [7, 11) is 0. The molecule has 0 aliphatic heterocycles. The van der Waals surface area contributed by atoms with Crippen LogP contribution in [0.25, 0.3) is 0 Å². The lowest BCUT2D eigenvalue weighted by Crippen LogP contribution is -2.38. The Morgan fingerprint density at radius 3 is 2.28 bits per heavy atom. The fourth-order valence-electron chi connectivity index (χ4n) is 1.97. The van der Waals surface area contributed by atoms with Crippen molar-refractivity contribution in [3.05, 3.63) is 35.9 Å². The van der Waals surface area contributed by atoms with Crippen molar-refractivity contribution < 1.29 is 9.90 Å². The summed E-state index contributed by atoms with van der Waals surface area (Å²) in [4.78, 5) is 12.5. The van der Waals surface area contributed by atoms with Crippen LogP contribution in [0, 0.1) is 11.3 Å². The van der Waals surface area contributed by atoms with Gasteiger partial charge in [-0.1, -0.05) is 73.7 Å². The van der Waals surface area contributed by atoms with E-state index in [4.69, 9.17) is 0 Å². The number of alkyl halides is 1. The van der Waals surface area contributed by atoms with Crippen LogP contribution in [0.1, 0.15) is 37.6 Å². The molecule has 0 saturated carbocycles. The van der Waals surface area contributed by atoms with Gasteiger partial charge in [0.05, 0.1) is 6.10 Å². The van der Waals surface area contributed by atoms with Gasteiger partial charge in [0.1, 0.15) is 0 Å². The molecule has 0 heterocycles. The maximum Gasteiger partial charge on any atom is 0.168 e. The van der Waals surface area contributed by atoms with Crippen molar-refractivity contribution >= 4 is 28.4 Å². The average Bonchev–Trinajstić information content (AvgIpc) is 2.34. The molecule has 1 rings (SSSR count). The van der Waals surface area contributed by atoms with Gasteiger partial charge in [-0.2, -0.15) is 0 Å². The van der Waals surface area contributed by atoms with Crippen LogP contribution in [0.15, 0.2) is 30.3 Å². The molecule has 0 unspecified atom stereocenters. The first-order valence-corrected chi connectivity index (χ1v) is 7.73. The van der Waals surface area contributed by atoms with E-state index in [0.717, 1.165) is 4.43 Å². The molecule has 0 aromatic heterocycles. The quantitative estimate of drug-likeness (QED) is 0.494. The molecule has 0 fully saturated rings. The topological polar surface area (TPSA) is 37.3 Å². The minimum absolute atomic E-state index is 0.0506. The smallest absolute Gasteiger partial charge is 0.168 e. The molecule has 0 amide bonds. The predicted octanol–water partition coefficient (Wildman–Crippen LogP) is 3.72. The van der Waals surface area contributed by atoms with E-state index in [-0.39, 0.29) is 17.1 Å². The van der Waals surface area contributed by atoms with Crippen LogP contribution in [0.4, 0.5) is 0 Å². The zero-order chi connectivity index (χ0) is 13.8. The zero-order valence-corrected chi connectivity index (χ0v) is 13.3. The molecule has 0 bridgehead atoms. The number of hydrogen-bond acceptors (Lipinski definition) is 2. The summed E-state index contributed by atoms with van der Waals surface area (Å²) in [6, 6.07) is 9.25. The number of hydrogen-bond donors (Lipinski definition) is 1. The lowest BCUT2D eigenvalue weighted by atomic mass is 9.77. The summed E-state index contributed by atoms with van der Waals surface area (Å²) in [5.74, 6) is -0.265. The summed E-state index contributed by atoms with van der Waals surface area (Å²) >= 11 is 2.25. The number of aliphatic hydroxyl groups is 1. The molecular formula is C15H21IO2. The third kappa shape index (κ3) is 4.05. The van der Waals surface area contributed by atoms with Gasteiger partial charge in [0.15, 0.2) is 5.78 Å². The number of benzene rings is 1. The van der Waals surface area contributed by atoms with Crippen molar-refractivity contribution in [2.24, 2.45) is 11.3 Å². The molecule has 1 aromatic carbocycles. The molecule has 2 atom stereocenters. The van der Waals surface area contributed by atoms with Gasteiger partial charge in [0, 0.05) is 15.9 Å². The lowest BCUT2D eigenvalue weighted by Gasteiger charge is -2.32. The summed E-state index contributed by atoms with van der Waals surface area (Å²) < 4.78 is 0.869. The molecule has 0 saturated heterocycles. The van der Waals surface area contributed by atoms with Gasteiger partial charge in [-0.25, -0.2) is 0 Å². The number of carbonyl (C=O) groups excluding carboxylic acids is 1. The van der Waals surface area contributed by atoms with E-state index in [0.29, 0.717) is 12.0 Å². The SMILES string of the molecule is CC(C)(C)[C@H](O)[C@@H](CCI)C(=O)c1ccccc1. The van der Waals surface area contributed by atoms with E-state index in [1.807, 2.05) is 51.1 Å². The van der Waals surface area contributed by atoms with Gasteiger partial charge in [0.2, 0.25) is 0 Å². The van der Waals surface area contributed by atoms with Crippen LogP contribution >= 0.6 is 22.6 Å². The Morgan fingerprint density at radius 1 is 1.28 bits per heavy atom. The first kappa shape index (κ1) is 15.6. The fourth-order valence-corrected chi connectivity index (χ4v) is 2.64. The first-order valence-electron chi connectivity index (χ1n) is 6.21. The molecule has 0 aliphatic rings. The third-order valence-electron chi connectivity index (χ3n) is 3.08. The largest absolute Gasteiger partial charge is 0.392 e. The minimum Gasteiger partial charge on any atom is -0.392 e. The molecule has 0 aliphatic carbocycles. The van der Waals surface area contributed by atoms with Crippen molar-refractivity contribution in [2.45, 2.75) is 33.3 Å². The van der Waals surface area contributed by atoms with Crippen LogP contribution in [-0.2, 0) is 0 Å². The second kappa shape index (κ2) is 6.66. The number of ketones is 1. The molecule has 0 radical (unpaired) electrons. The fraction of sp³-hybridized carbons (Fsp3) is 0.533. The van der Waals surface area contributed by atoms with Gasteiger partial charge >= 0.3 is 0 Å². The highest BCUT2D eigenvalue weighted by Crippen LogP contribution is 2.30. The zero-order valence-electron chi connectivity index (χ0n) is 11.2. The van der Waals surface area contributed by atoms with Crippen molar-refractivity contribution in [1.82, 2.24) is 0 Å². The number of Topliss-reactive ketones (excluding diaryl/α,β-unsaturated/α-hetero) is 1. The monoisotopic (exact) mass is 360 g/mol. The van der Waals surface area contributed by atoms with Crippen LogP contribution < -0.4 is 0 Å². The van der Waals surface area contributed by atoms with E-state index >= 15 is 0 Å². The normalized spacial score (nSPS) is 15.2. The van der Waals surface area contributed by atoms with Gasteiger partial charge < -0.3 is 5.11 Å². The number of aliphatic hydroxyl groups excluding tert-OH is 1. The first-order chi connectivity index (χ1) is 8.38. The van der Waals surface area contributed by atoms with Gasteiger partial charge in [-0.3, -0.25) is 4.79 Å². The van der Waals surface area contributed by atoms with Crippen LogP contribution in [0.3, 0.4) is 0 Å². The molecule has 18 heavy (non-hydrogen) atoms. The van der Waals surface area contributed by atoms with E-state index in [1.54, 1.807) is 0 Å². The second-order valence-corrected chi connectivity index (χ2v) is 6.70. The van der Waals surface area contributed by atoms with Crippen LogP contribution in [0.5, 0.6) is 0 Å². The Balaban J connectivity index is 2.96. The lowest BCUT2D eigenvalue weighted by molar-refractivity contribution is 0.0136. The van der Waals surface area contributed by atoms with E-state index in [9.17, 15) is 9.90 Å². The minimum atomic E-state index is -0.611. The molecule has 3 heteroatoms. The molecular weight excluding hydrogens is 339 g/mol. The summed E-state index contributed by atoms with van der Waals surface area (Å²) in [5.41, 5.74) is 0.414. The predicted molar refractivity (Wildman–Crippen MR) is 83.2 cm³/mol. The molecule has 0 spiro atoms. The maximum absolute atomic E-state index is 12.5. The van der Waals surface area contributed by atoms with Gasteiger partial charge in [-0.05, 0) is 11.8 Å². The highest BCUT2D eigenvalue weighted by molar-refractivity contribution is 14.1. The van der Waals surface area contributed by atoms with Crippen molar-refractivity contribution in [3.63, 3.8) is 0 Å². The Morgan fingerprint density at radius 2 is 1.83 bits per heavy atom.